The van der Waals surface area contributed by atoms with Gasteiger partial charge in [0.15, 0.2) is 0 Å². The molecule has 1 heterocycles. The minimum Gasteiger partial charge on any atom is -0.365 e. The highest BCUT2D eigenvalue weighted by atomic mass is 32.1. The van der Waals surface area contributed by atoms with Gasteiger partial charge in [0, 0.05) is 4.88 Å². The van der Waals surface area contributed by atoms with Crippen molar-refractivity contribution in [3.05, 3.63) is 51.4 Å². The molecule has 0 aliphatic rings. The maximum absolute atomic E-state index is 12.6. The monoisotopic (exact) mass is 358 g/mol. The first-order valence-corrected chi connectivity index (χ1v) is 9.31. The van der Waals surface area contributed by atoms with Crippen LogP contribution in [0.25, 0.3) is 0 Å². The SMILES string of the molecule is Cc1sc(NC(=O)C(C)c2ccc(CC(C)C)cc2)c(C(N)=O)c1C. The average molecular weight is 359 g/mol. The molecule has 0 aliphatic carbocycles. The van der Waals surface area contributed by atoms with E-state index in [1.807, 2.05) is 32.9 Å². The van der Waals surface area contributed by atoms with Crippen molar-refractivity contribution in [2.24, 2.45) is 11.7 Å². The summed E-state index contributed by atoms with van der Waals surface area (Å²) in [5.74, 6) is -0.358. The van der Waals surface area contributed by atoms with E-state index in [1.54, 1.807) is 0 Å². The van der Waals surface area contributed by atoms with Crippen molar-refractivity contribution in [1.82, 2.24) is 0 Å². The van der Waals surface area contributed by atoms with E-state index in [4.69, 9.17) is 5.73 Å². The molecule has 0 saturated carbocycles. The number of rotatable bonds is 6. The summed E-state index contributed by atoms with van der Waals surface area (Å²) in [6.07, 6.45) is 1.02. The summed E-state index contributed by atoms with van der Waals surface area (Å²) < 4.78 is 0. The van der Waals surface area contributed by atoms with Gasteiger partial charge in [-0.05, 0) is 49.8 Å². The van der Waals surface area contributed by atoms with Gasteiger partial charge in [-0.15, -0.1) is 11.3 Å². The van der Waals surface area contributed by atoms with Crippen LogP contribution in [0.5, 0.6) is 0 Å². The van der Waals surface area contributed by atoms with E-state index in [2.05, 4.69) is 31.3 Å². The van der Waals surface area contributed by atoms with Gasteiger partial charge in [-0.2, -0.15) is 0 Å². The Kier molecular flexibility index (Phi) is 6.01. The molecule has 2 rings (SSSR count). The Hall–Kier alpha value is -2.14. The number of aryl methyl sites for hydroxylation is 1. The standard InChI is InChI=1S/C20H26N2O2S/c1-11(2)10-15-6-8-16(9-7-15)13(4)19(24)22-20-17(18(21)23)12(3)14(5)25-20/h6-9,11,13H,10H2,1-5H3,(H2,21,23)(H,22,24). The quantitative estimate of drug-likeness (QED) is 0.803. The molecule has 1 aromatic carbocycles. The highest BCUT2D eigenvalue weighted by Crippen LogP contribution is 2.33. The van der Waals surface area contributed by atoms with Gasteiger partial charge in [0.05, 0.1) is 11.5 Å². The molecule has 1 unspecified atom stereocenters. The predicted molar refractivity (Wildman–Crippen MR) is 104 cm³/mol. The van der Waals surface area contributed by atoms with Crippen molar-refractivity contribution < 1.29 is 9.59 Å². The van der Waals surface area contributed by atoms with Gasteiger partial charge in [-0.25, -0.2) is 0 Å². The summed E-state index contributed by atoms with van der Waals surface area (Å²) in [7, 11) is 0. The lowest BCUT2D eigenvalue weighted by Crippen LogP contribution is -2.21. The van der Waals surface area contributed by atoms with Crippen molar-refractivity contribution >= 4 is 28.2 Å². The number of amides is 2. The molecule has 0 fully saturated rings. The summed E-state index contributed by atoms with van der Waals surface area (Å²) in [6, 6.07) is 8.16. The topological polar surface area (TPSA) is 72.2 Å². The van der Waals surface area contributed by atoms with Gasteiger partial charge in [-0.3, -0.25) is 9.59 Å². The van der Waals surface area contributed by atoms with E-state index in [0.717, 1.165) is 22.4 Å². The second kappa shape index (κ2) is 7.83. The third-order valence-electron chi connectivity index (χ3n) is 4.39. The number of hydrogen-bond acceptors (Lipinski definition) is 3. The van der Waals surface area contributed by atoms with E-state index >= 15 is 0 Å². The van der Waals surface area contributed by atoms with Crippen LogP contribution in [0.3, 0.4) is 0 Å². The molecule has 2 aromatic rings. The van der Waals surface area contributed by atoms with Crippen LogP contribution in [0.15, 0.2) is 24.3 Å². The maximum atomic E-state index is 12.6. The van der Waals surface area contributed by atoms with E-state index in [-0.39, 0.29) is 11.8 Å². The zero-order valence-electron chi connectivity index (χ0n) is 15.5. The molecule has 25 heavy (non-hydrogen) atoms. The number of thiophene rings is 1. The van der Waals surface area contributed by atoms with Crippen LogP contribution in [0.2, 0.25) is 0 Å². The zero-order valence-corrected chi connectivity index (χ0v) is 16.3. The van der Waals surface area contributed by atoms with E-state index in [9.17, 15) is 9.59 Å². The van der Waals surface area contributed by atoms with Gasteiger partial charge in [0.25, 0.3) is 5.91 Å². The number of nitrogens with two attached hydrogens (primary N) is 1. The van der Waals surface area contributed by atoms with E-state index in [0.29, 0.717) is 16.5 Å². The van der Waals surface area contributed by atoms with Crippen LogP contribution in [0.4, 0.5) is 5.00 Å². The Balaban J connectivity index is 2.16. The summed E-state index contributed by atoms with van der Waals surface area (Å²) in [4.78, 5) is 25.3. The predicted octanol–water partition coefficient (Wildman–Crippen LogP) is 4.40. The first-order valence-electron chi connectivity index (χ1n) is 8.50. The van der Waals surface area contributed by atoms with E-state index < -0.39 is 5.91 Å². The first-order chi connectivity index (χ1) is 11.7. The molecule has 0 aliphatic heterocycles. The number of carbonyl (C=O) groups is 2. The molecule has 4 nitrogen and oxygen atoms in total. The van der Waals surface area contributed by atoms with Gasteiger partial charge >= 0.3 is 0 Å². The fraction of sp³-hybridized carbons (Fsp3) is 0.400. The van der Waals surface area contributed by atoms with Crippen LogP contribution in [-0.2, 0) is 11.2 Å². The minimum atomic E-state index is -0.511. The third kappa shape index (κ3) is 4.48. The Bertz CT molecular complexity index is 776. The highest BCUT2D eigenvalue weighted by Gasteiger charge is 2.22. The summed E-state index contributed by atoms with van der Waals surface area (Å²) in [6.45, 7) is 10.00. The van der Waals surface area contributed by atoms with Crippen LogP contribution in [-0.4, -0.2) is 11.8 Å². The molecular weight excluding hydrogens is 332 g/mol. The number of benzene rings is 1. The molecule has 2 amide bonds. The molecule has 134 valence electrons. The third-order valence-corrected chi connectivity index (χ3v) is 5.51. The van der Waals surface area contributed by atoms with Gasteiger partial charge < -0.3 is 11.1 Å². The first kappa shape index (κ1) is 19.2. The highest BCUT2D eigenvalue weighted by molar-refractivity contribution is 7.16. The molecule has 0 bridgehead atoms. The van der Waals surface area contributed by atoms with Crippen molar-refractivity contribution in [2.75, 3.05) is 5.32 Å². The van der Waals surface area contributed by atoms with Crippen molar-refractivity contribution in [3.8, 4) is 0 Å². The molecule has 3 N–H and O–H groups in total. The largest absolute Gasteiger partial charge is 0.365 e. The van der Waals surface area contributed by atoms with Crippen molar-refractivity contribution in [2.45, 2.75) is 47.0 Å². The van der Waals surface area contributed by atoms with E-state index in [1.165, 1.54) is 16.9 Å². The van der Waals surface area contributed by atoms with Crippen LogP contribution >= 0.6 is 11.3 Å². The number of primary amides is 1. The second-order valence-corrected chi connectivity index (χ2v) is 8.13. The van der Waals surface area contributed by atoms with Crippen molar-refractivity contribution in [3.63, 3.8) is 0 Å². The molecular formula is C20H26N2O2S. The summed E-state index contributed by atoms with van der Waals surface area (Å²) >= 11 is 1.39. The minimum absolute atomic E-state index is 0.139. The molecule has 5 heteroatoms. The molecule has 0 saturated heterocycles. The van der Waals surface area contributed by atoms with Crippen molar-refractivity contribution in [1.29, 1.82) is 0 Å². The Morgan fingerprint density at radius 2 is 1.72 bits per heavy atom. The van der Waals surface area contributed by atoms with Crippen LogP contribution in [0, 0.1) is 19.8 Å². The zero-order chi connectivity index (χ0) is 18.7. The second-order valence-electron chi connectivity index (χ2n) is 6.90. The van der Waals surface area contributed by atoms with Crippen LogP contribution in [0.1, 0.15) is 58.6 Å². The van der Waals surface area contributed by atoms with Crippen LogP contribution < -0.4 is 11.1 Å². The molecule has 1 aromatic heterocycles. The smallest absolute Gasteiger partial charge is 0.251 e. The molecule has 1 atom stereocenters. The normalized spacial score (nSPS) is 12.2. The number of nitrogens with one attached hydrogen (secondary N) is 1. The Labute approximate surface area is 153 Å². The molecule has 0 spiro atoms. The Morgan fingerprint density at radius 1 is 1.12 bits per heavy atom. The lowest BCUT2D eigenvalue weighted by molar-refractivity contribution is -0.117. The lowest BCUT2D eigenvalue weighted by atomic mass is 9.96. The lowest BCUT2D eigenvalue weighted by Gasteiger charge is -2.13. The number of hydrogen-bond donors (Lipinski definition) is 2. The maximum Gasteiger partial charge on any atom is 0.251 e. The van der Waals surface area contributed by atoms with Gasteiger partial charge in [-0.1, -0.05) is 38.1 Å². The summed E-state index contributed by atoms with van der Waals surface area (Å²) in [5, 5.41) is 3.42. The van der Waals surface area contributed by atoms with Gasteiger partial charge in [0.1, 0.15) is 5.00 Å². The Morgan fingerprint density at radius 3 is 2.24 bits per heavy atom. The summed E-state index contributed by atoms with van der Waals surface area (Å²) in [5.41, 5.74) is 8.93. The number of carbonyl (C=O) groups excluding carboxylic acids is 2. The fourth-order valence-electron chi connectivity index (χ4n) is 2.80. The average Bonchev–Trinajstić information content (AvgIpc) is 2.81. The van der Waals surface area contributed by atoms with Gasteiger partial charge in [0.2, 0.25) is 5.91 Å². The fourth-order valence-corrected chi connectivity index (χ4v) is 3.87. The molecule has 0 radical (unpaired) electrons. The number of anilines is 1.